The van der Waals surface area contributed by atoms with E-state index in [1.165, 1.54) is 0 Å². The van der Waals surface area contributed by atoms with Gasteiger partial charge in [0.2, 0.25) is 5.91 Å². The molecule has 1 aromatic rings. The Morgan fingerprint density at radius 3 is 2.36 bits per heavy atom. The van der Waals surface area contributed by atoms with Gasteiger partial charge in [0.1, 0.15) is 5.01 Å². The molecule has 2 N–H and O–H groups in total. The second-order valence-corrected chi connectivity index (χ2v) is 7.43. The summed E-state index contributed by atoms with van der Waals surface area (Å²) in [5.74, 6) is -0.450. The van der Waals surface area contributed by atoms with Crippen LogP contribution in [-0.2, 0) is 9.59 Å². The first-order valence-electron chi connectivity index (χ1n) is 8.00. The smallest absolute Gasteiger partial charge is 0.306 e. The van der Waals surface area contributed by atoms with E-state index >= 15 is 0 Å². The fourth-order valence-electron chi connectivity index (χ4n) is 3.20. The van der Waals surface area contributed by atoms with Crippen LogP contribution in [0.3, 0.4) is 0 Å². The number of nitrogens with zero attached hydrogens (tertiary/aromatic N) is 1. The number of carbonyl (C=O) groups excluding carboxylic acids is 1. The van der Waals surface area contributed by atoms with E-state index in [1.807, 2.05) is 12.3 Å². The van der Waals surface area contributed by atoms with Crippen LogP contribution in [0, 0.1) is 24.7 Å². The molecule has 0 bridgehead atoms. The first-order valence-corrected chi connectivity index (χ1v) is 8.87. The summed E-state index contributed by atoms with van der Waals surface area (Å²) in [5, 5.41) is 15.2. The van der Waals surface area contributed by atoms with Crippen molar-refractivity contribution in [1.82, 2.24) is 10.3 Å². The zero-order chi connectivity index (χ0) is 15.7. The number of thiazole rings is 1. The van der Waals surface area contributed by atoms with Crippen molar-refractivity contribution in [3.8, 4) is 0 Å². The van der Waals surface area contributed by atoms with Crippen molar-refractivity contribution in [1.29, 1.82) is 0 Å². The van der Waals surface area contributed by atoms with Crippen molar-refractivity contribution in [2.45, 2.75) is 51.5 Å². The van der Waals surface area contributed by atoms with Crippen molar-refractivity contribution in [2.24, 2.45) is 17.8 Å². The van der Waals surface area contributed by atoms with Crippen LogP contribution in [-0.4, -0.2) is 22.0 Å². The van der Waals surface area contributed by atoms with Crippen LogP contribution in [0.2, 0.25) is 0 Å². The average molecular weight is 322 g/mol. The maximum atomic E-state index is 12.5. The molecule has 0 saturated heterocycles. The van der Waals surface area contributed by atoms with Gasteiger partial charge in [-0.25, -0.2) is 4.98 Å². The van der Waals surface area contributed by atoms with Crippen molar-refractivity contribution in [2.75, 3.05) is 0 Å². The molecule has 1 atom stereocenters. The molecule has 2 aliphatic rings. The van der Waals surface area contributed by atoms with Gasteiger partial charge in [0.25, 0.3) is 0 Å². The van der Waals surface area contributed by atoms with Gasteiger partial charge in [-0.15, -0.1) is 11.3 Å². The molecule has 0 radical (unpaired) electrons. The second kappa shape index (κ2) is 6.36. The number of nitrogens with one attached hydrogen (secondary N) is 1. The van der Waals surface area contributed by atoms with Crippen molar-refractivity contribution < 1.29 is 14.7 Å². The highest BCUT2D eigenvalue weighted by Crippen LogP contribution is 2.42. The molecule has 2 fully saturated rings. The Morgan fingerprint density at radius 2 is 1.86 bits per heavy atom. The molecule has 3 rings (SSSR count). The van der Waals surface area contributed by atoms with E-state index < -0.39 is 5.97 Å². The fourth-order valence-corrected chi connectivity index (χ4v) is 4.14. The molecule has 1 amide bonds. The van der Waals surface area contributed by atoms with E-state index in [2.05, 4.69) is 10.3 Å². The molecule has 5 nitrogen and oxygen atoms in total. The summed E-state index contributed by atoms with van der Waals surface area (Å²) in [5.41, 5.74) is 1.00. The second-order valence-electron chi connectivity index (χ2n) is 6.54. The SMILES string of the molecule is Cc1csc(C(NC(=O)C2CCC(C(=O)O)CC2)C2CC2)n1. The Kier molecular flexibility index (Phi) is 4.47. The van der Waals surface area contributed by atoms with Gasteiger partial charge in [-0.3, -0.25) is 9.59 Å². The minimum absolute atomic E-state index is 0.0436. The molecule has 1 unspecified atom stereocenters. The van der Waals surface area contributed by atoms with Crippen LogP contribution in [0.1, 0.15) is 55.3 Å². The number of aromatic nitrogens is 1. The maximum absolute atomic E-state index is 12.5. The molecule has 0 aromatic carbocycles. The van der Waals surface area contributed by atoms with E-state index in [1.54, 1.807) is 11.3 Å². The monoisotopic (exact) mass is 322 g/mol. The summed E-state index contributed by atoms with van der Waals surface area (Å²) in [6.07, 6.45) is 4.87. The van der Waals surface area contributed by atoms with Crippen LogP contribution >= 0.6 is 11.3 Å². The van der Waals surface area contributed by atoms with E-state index in [9.17, 15) is 9.59 Å². The van der Waals surface area contributed by atoms with E-state index in [4.69, 9.17) is 5.11 Å². The zero-order valence-electron chi connectivity index (χ0n) is 12.7. The average Bonchev–Trinajstić information content (AvgIpc) is 3.26. The van der Waals surface area contributed by atoms with Crippen LogP contribution in [0.4, 0.5) is 0 Å². The summed E-state index contributed by atoms with van der Waals surface area (Å²) in [6, 6.07) is 0.0448. The van der Waals surface area contributed by atoms with Crippen molar-refractivity contribution in [3.05, 3.63) is 16.1 Å². The van der Waals surface area contributed by atoms with E-state index in [0.29, 0.717) is 31.6 Å². The Morgan fingerprint density at radius 1 is 1.23 bits per heavy atom. The molecule has 0 spiro atoms. The quantitative estimate of drug-likeness (QED) is 0.873. The van der Waals surface area contributed by atoms with Gasteiger partial charge in [0, 0.05) is 17.0 Å². The topological polar surface area (TPSA) is 79.3 Å². The number of carboxylic acid groups (broad SMARTS) is 1. The normalized spacial score (nSPS) is 26.4. The summed E-state index contributed by atoms with van der Waals surface area (Å²) in [7, 11) is 0. The van der Waals surface area contributed by atoms with Crippen molar-refractivity contribution in [3.63, 3.8) is 0 Å². The molecule has 2 saturated carbocycles. The summed E-state index contributed by atoms with van der Waals surface area (Å²) >= 11 is 1.62. The first kappa shape index (κ1) is 15.5. The summed E-state index contributed by atoms with van der Waals surface area (Å²) < 4.78 is 0. The van der Waals surface area contributed by atoms with Gasteiger partial charge in [0.15, 0.2) is 0 Å². The molecular formula is C16H22N2O3S. The Balaban J connectivity index is 1.59. The third-order valence-corrected chi connectivity index (χ3v) is 5.79. The minimum Gasteiger partial charge on any atom is -0.481 e. The standard InChI is InChI=1S/C16H22N2O3S/c1-9-8-22-15(17-9)13(10-2-3-10)18-14(19)11-4-6-12(7-5-11)16(20)21/h8,10-13H,2-7H2,1H3,(H,18,19)(H,20,21). The largest absolute Gasteiger partial charge is 0.481 e. The highest BCUT2D eigenvalue weighted by molar-refractivity contribution is 7.09. The lowest BCUT2D eigenvalue weighted by molar-refractivity contribution is -0.144. The number of aliphatic carboxylic acids is 1. The number of hydrogen-bond donors (Lipinski definition) is 2. The summed E-state index contributed by atoms with van der Waals surface area (Å²) in [6.45, 7) is 1.97. The molecule has 1 aromatic heterocycles. The predicted molar refractivity (Wildman–Crippen MR) is 83.5 cm³/mol. The van der Waals surface area contributed by atoms with E-state index in [0.717, 1.165) is 23.5 Å². The molecular weight excluding hydrogens is 300 g/mol. The molecule has 1 heterocycles. The molecule has 6 heteroatoms. The molecule has 2 aliphatic carbocycles. The molecule has 22 heavy (non-hydrogen) atoms. The van der Waals surface area contributed by atoms with Gasteiger partial charge in [-0.2, -0.15) is 0 Å². The van der Waals surface area contributed by atoms with Crippen LogP contribution in [0.25, 0.3) is 0 Å². The fraction of sp³-hybridized carbons (Fsp3) is 0.688. The number of hydrogen-bond acceptors (Lipinski definition) is 4. The van der Waals surface area contributed by atoms with Crippen LogP contribution in [0.15, 0.2) is 5.38 Å². The summed E-state index contributed by atoms with van der Waals surface area (Å²) in [4.78, 5) is 28.0. The Labute approximate surface area is 134 Å². The van der Waals surface area contributed by atoms with Gasteiger partial charge >= 0.3 is 5.97 Å². The highest BCUT2D eigenvalue weighted by Gasteiger charge is 2.37. The Bertz CT molecular complexity index is 559. The van der Waals surface area contributed by atoms with Gasteiger partial charge in [0.05, 0.1) is 12.0 Å². The third-order valence-electron chi connectivity index (χ3n) is 4.74. The van der Waals surface area contributed by atoms with Gasteiger partial charge < -0.3 is 10.4 Å². The number of rotatable bonds is 5. The Hall–Kier alpha value is -1.43. The van der Waals surface area contributed by atoms with Gasteiger partial charge in [-0.05, 0) is 51.4 Å². The predicted octanol–water partition coefficient (Wildman–Crippen LogP) is 2.91. The molecule has 0 aliphatic heterocycles. The lowest BCUT2D eigenvalue weighted by atomic mass is 9.81. The number of carboxylic acids is 1. The highest BCUT2D eigenvalue weighted by atomic mass is 32.1. The van der Waals surface area contributed by atoms with Crippen molar-refractivity contribution >= 4 is 23.2 Å². The zero-order valence-corrected chi connectivity index (χ0v) is 13.6. The maximum Gasteiger partial charge on any atom is 0.306 e. The number of aryl methyl sites for hydroxylation is 1. The van der Waals surface area contributed by atoms with Crippen LogP contribution in [0.5, 0.6) is 0 Å². The lowest BCUT2D eigenvalue weighted by Crippen LogP contribution is -2.37. The third kappa shape index (κ3) is 3.48. The number of amides is 1. The van der Waals surface area contributed by atoms with E-state index in [-0.39, 0.29) is 23.8 Å². The minimum atomic E-state index is -0.729. The molecule has 120 valence electrons. The van der Waals surface area contributed by atoms with Crippen LogP contribution < -0.4 is 5.32 Å². The number of carbonyl (C=O) groups is 2. The lowest BCUT2D eigenvalue weighted by Gasteiger charge is -2.27. The van der Waals surface area contributed by atoms with Gasteiger partial charge in [-0.1, -0.05) is 0 Å². The first-order chi connectivity index (χ1) is 10.5.